The summed E-state index contributed by atoms with van der Waals surface area (Å²) in [6, 6.07) is 11.6. The molecular formula is C19H23N3O2S. The number of methoxy groups -OCH3 is 1. The number of hydrogen-bond acceptors (Lipinski definition) is 5. The largest absolute Gasteiger partial charge is 0.497 e. The highest BCUT2D eigenvalue weighted by Crippen LogP contribution is 2.23. The van der Waals surface area contributed by atoms with Crippen LogP contribution < -0.4 is 4.74 Å². The Bertz CT molecular complexity index is 698. The van der Waals surface area contributed by atoms with E-state index in [-0.39, 0.29) is 5.91 Å². The first-order valence-corrected chi connectivity index (χ1v) is 9.63. The smallest absolute Gasteiger partial charge is 0.232 e. The minimum Gasteiger partial charge on any atom is -0.497 e. The molecule has 2 heterocycles. The van der Waals surface area contributed by atoms with E-state index >= 15 is 0 Å². The number of carbonyl (C=O) groups excluding carboxylic acids is 1. The summed E-state index contributed by atoms with van der Waals surface area (Å²) >= 11 is 1.45. The van der Waals surface area contributed by atoms with Crippen molar-refractivity contribution in [1.29, 1.82) is 0 Å². The molecule has 2 aromatic rings. The molecule has 0 radical (unpaired) electrons. The Morgan fingerprint density at radius 3 is 2.60 bits per heavy atom. The van der Waals surface area contributed by atoms with Gasteiger partial charge in [0.05, 0.1) is 18.6 Å². The van der Waals surface area contributed by atoms with Gasteiger partial charge in [0.1, 0.15) is 10.8 Å². The third-order valence-corrected chi connectivity index (χ3v) is 5.21. The fourth-order valence-corrected chi connectivity index (χ4v) is 3.60. The number of amides is 1. The summed E-state index contributed by atoms with van der Waals surface area (Å²) in [4.78, 5) is 14.3. The van der Waals surface area contributed by atoms with E-state index in [0.717, 1.165) is 48.0 Å². The van der Waals surface area contributed by atoms with E-state index in [1.54, 1.807) is 7.11 Å². The Labute approximate surface area is 152 Å². The van der Waals surface area contributed by atoms with Gasteiger partial charge in [-0.05, 0) is 37.1 Å². The minimum absolute atomic E-state index is 0.200. The Balaban J connectivity index is 1.57. The van der Waals surface area contributed by atoms with Gasteiger partial charge in [-0.15, -0.1) is 10.2 Å². The number of ether oxygens (including phenoxy) is 1. The van der Waals surface area contributed by atoms with Gasteiger partial charge in [0.15, 0.2) is 0 Å². The van der Waals surface area contributed by atoms with Crippen LogP contribution in [0.15, 0.2) is 41.4 Å². The number of likely N-dealkylation sites (tertiary alicyclic amines) is 1. The van der Waals surface area contributed by atoms with Crippen LogP contribution in [0, 0.1) is 0 Å². The SMILES string of the molecule is COc1cccc(-c2ccc(SCC(=O)N3CCCCCC3)nn2)c1. The lowest BCUT2D eigenvalue weighted by atomic mass is 10.1. The Hall–Kier alpha value is -2.08. The van der Waals surface area contributed by atoms with Gasteiger partial charge in [0, 0.05) is 18.7 Å². The van der Waals surface area contributed by atoms with Crippen molar-refractivity contribution in [1.82, 2.24) is 15.1 Å². The molecule has 0 aliphatic carbocycles. The number of hydrogen-bond donors (Lipinski definition) is 0. The number of nitrogens with zero attached hydrogens (tertiary/aromatic N) is 3. The van der Waals surface area contributed by atoms with Crippen molar-refractivity contribution in [2.24, 2.45) is 0 Å². The predicted molar refractivity (Wildman–Crippen MR) is 99.8 cm³/mol. The number of thioether (sulfide) groups is 1. The molecular weight excluding hydrogens is 334 g/mol. The van der Waals surface area contributed by atoms with E-state index in [4.69, 9.17) is 4.74 Å². The van der Waals surface area contributed by atoms with Crippen LogP contribution in [0.25, 0.3) is 11.3 Å². The molecule has 0 bridgehead atoms. The molecule has 3 rings (SSSR count). The highest BCUT2D eigenvalue weighted by atomic mass is 32.2. The lowest BCUT2D eigenvalue weighted by Gasteiger charge is -2.19. The summed E-state index contributed by atoms with van der Waals surface area (Å²) in [6.07, 6.45) is 4.69. The van der Waals surface area contributed by atoms with Gasteiger partial charge in [0.2, 0.25) is 5.91 Å². The van der Waals surface area contributed by atoms with E-state index in [0.29, 0.717) is 5.75 Å². The fraction of sp³-hybridized carbons (Fsp3) is 0.421. The first-order valence-electron chi connectivity index (χ1n) is 8.65. The van der Waals surface area contributed by atoms with Gasteiger partial charge in [0.25, 0.3) is 0 Å². The number of rotatable bonds is 5. The van der Waals surface area contributed by atoms with E-state index < -0.39 is 0 Å². The van der Waals surface area contributed by atoms with Gasteiger partial charge in [-0.3, -0.25) is 4.79 Å². The second-order valence-corrected chi connectivity index (χ2v) is 7.07. The highest BCUT2D eigenvalue weighted by molar-refractivity contribution is 7.99. The second kappa shape index (κ2) is 8.85. The molecule has 0 unspecified atom stereocenters. The van der Waals surface area contributed by atoms with Crippen LogP contribution in [-0.2, 0) is 4.79 Å². The number of carbonyl (C=O) groups is 1. The molecule has 5 nitrogen and oxygen atoms in total. The molecule has 1 aromatic heterocycles. The van der Waals surface area contributed by atoms with Crippen LogP contribution in [-0.4, -0.2) is 47.0 Å². The number of benzene rings is 1. The average Bonchev–Trinajstić information content (AvgIpc) is 2.96. The second-order valence-electron chi connectivity index (χ2n) is 6.07. The topological polar surface area (TPSA) is 55.3 Å². The number of aromatic nitrogens is 2. The van der Waals surface area contributed by atoms with Crippen molar-refractivity contribution in [2.45, 2.75) is 30.7 Å². The molecule has 0 spiro atoms. The highest BCUT2D eigenvalue weighted by Gasteiger charge is 2.15. The zero-order valence-electron chi connectivity index (χ0n) is 14.5. The molecule has 25 heavy (non-hydrogen) atoms. The molecule has 1 aromatic carbocycles. The van der Waals surface area contributed by atoms with Gasteiger partial charge in [-0.25, -0.2) is 0 Å². The lowest BCUT2D eigenvalue weighted by molar-refractivity contribution is -0.128. The monoisotopic (exact) mass is 357 g/mol. The van der Waals surface area contributed by atoms with Crippen LogP contribution >= 0.6 is 11.8 Å². The predicted octanol–water partition coefficient (Wildman–Crippen LogP) is 3.65. The first-order chi connectivity index (χ1) is 12.3. The van der Waals surface area contributed by atoms with Crippen LogP contribution in [0.3, 0.4) is 0 Å². The maximum absolute atomic E-state index is 12.3. The summed E-state index contributed by atoms with van der Waals surface area (Å²) in [5, 5.41) is 9.30. The first kappa shape index (κ1) is 17.7. The summed E-state index contributed by atoms with van der Waals surface area (Å²) in [7, 11) is 1.64. The fourth-order valence-electron chi connectivity index (χ4n) is 2.88. The average molecular weight is 357 g/mol. The summed E-state index contributed by atoms with van der Waals surface area (Å²) in [5.41, 5.74) is 1.76. The van der Waals surface area contributed by atoms with E-state index in [1.165, 1.54) is 24.6 Å². The van der Waals surface area contributed by atoms with E-state index in [1.807, 2.05) is 41.3 Å². The maximum atomic E-state index is 12.3. The van der Waals surface area contributed by atoms with E-state index in [2.05, 4.69) is 10.2 Å². The maximum Gasteiger partial charge on any atom is 0.232 e. The standard InChI is InChI=1S/C19H23N3O2S/c1-24-16-8-6-7-15(13-16)17-9-10-18(21-20-17)25-14-19(23)22-11-4-2-3-5-12-22/h6-10,13H,2-5,11-12,14H2,1H3. The van der Waals surface area contributed by atoms with Crippen molar-refractivity contribution in [3.8, 4) is 17.0 Å². The molecule has 1 aliphatic rings. The third kappa shape index (κ3) is 4.95. The molecule has 6 heteroatoms. The molecule has 0 atom stereocenters. The normalized spacial score (nSPS) is 14.8. The van der Waals surface area contributed by atoms with Crippen LogP contribution in [0.2, 0.25) is 0 Å². The quantitative estimate of drug-likeness (QED) is 0.765. The van der Waals surface area contributed by atoms with Crippen molar-refractivity contribution in [3.63, 3.8) is 0 Å². The van der Waals surface area contributed by atoms with Gasteiger partial charge >= 0.3 is 0 Å². The van der Waals surface area contributed by atoms with Crippen molar-refractivity contribution in [2.75, 3.05) is 26.0 Å². The molecule has 1 amide bonds. The van der Waals surface area contributed by atoms with Crippen molar-refractivity contribution >= 4 is 17.7 Å². The van der Waals surface area contributed by atoms with Gasteiger partial charge in [-0.1, -0.05) is 36.7 Å². The summed E-state index contributed by atoms with van der Waals surface area (Å²) in [6.45, 7) is 1.78. The van der Waals surface area contributed by atoms with Gasteiger partial charge in [-0.2, -0.15) is 0 Å². The van der Waals surface area contributed by atoms with Crippen LogP contribution in [0.4, 0.5) is 0 Å². The van der Waals surface area contributed by atoms with Crippen LogP contribution in [0.5, 0.6) is 5.75 Å². The summed E-state index contributed by atoms with van der Waals surface area (Å²) in [5.74, 6) is 1.42. The third-order valence-electron chi connectivity index (χ3n) is 4.31. The summed E-state index contributed by atoms with van der Waals surface area (Å²) < 4.78 is 5.24. The molecule has 1 saturated heterocycles. The minimum atomic E-state index is 0.200. The van der Waals surface area contributed by atoms with Crippen LogP contribution in [0.1, 0.15) is 25.7 Å². The molecule has 0 saturated carbocycles. The van der Waals surface area contributed by atoms with E-state index in [9.17, 15) is 4.79 Å². The van der Waals surface area contributed by atoms with Crippen molar-refractivity contribution < 1.29 is 9.53 Å². The Morgan fingerprint density at radius 1 is 1.12 bits per heavy atom. The van der Waals surface area contributed by atoms with Gasteiger partial charge < -0.3 is 9.64 Å². The Kier molecular flexibility index (Phi) is 6.28. The zero-order valence-corrected chi connectivity index (χ0v) is 15.3. The molecule has 132 valence electrons. The van der Waals surface area contributed by atoms with Crippen molar-refractivity contribution in [3.05, 3.63) is 36.4 Å². The molecule has 0 N–H and O–H groups in total. The Morgan fingerprint density at radius 2 is 1.92 bits per heavy atom. The zero-order chi connectivity index (χ0) is 17.5. The molecule has 1 aliphatic heterocycles. The lowest BCUT2D eigenvalue weighted by Crippen LogP contribution is -2.33. The molecule has 1 fully saturated rings.